The summed E-state index contributed by atoms with van der Waals surface area (Å²) in [6, 6.07) is 9.64. The third kappa shape index (κ3) is 2.56. The number of hydrogen-bond acceptors (Lipinski definition) is 2. The van der Waals surface area contributed by atoms with Gasteiger partial charge in [-0.25, -0.2) is 0 Å². The molecule has 0 atom stereocenters. The predicted octanol–water partition coefficient (Wildman–Crippen LogP) is 1.20. The molecule has 0 unspecified atom stereocenters. The van der Waals surface area contributed by atoms with Gasteiger partial charge in [0, 0.05) is 32.7 Å². The summed E-state index contributed by atoms with van der Waals surface area (Å²) in [7, 11) is 0. The molecule has 75 valence electrons. The molecule has 1 radical (unpaired) electrons. The van der Waals surface area contributed by atoms with Crippen molar-refractivity contribution in [3.05, 3.63) is 35.4 Å². The molecule has 0 saturated carbocycles. The van der Waals surface area contributed by atoms with Gasteiger partial charge in [0.05, 0.1) is 0 Å². The lowest BCUT2D eigenvalue weighted by molar-refractivity contribution is 0.233. The van der Waals surface area contributed by atoms with Crippen molar-refractivity contribution in [3.8, 4) is 0 Å². The molecule has 0 aromatic heterocycles. The second-order valence-electron chi connectivity index (χ2n) is 3.92. The van der Waals surface area contributed by atoms with Crippen LogP contribution in [0.4, 0.5) is 0 Å². The summed E-state index contributed by atoms with van der Waals surface area (Å²) < 4.78 is 0. The summed E-state index contributed by atoms with van der Waals surface area (Å²) in [6.45, 7) is 7.72. The van der Waals surface area contributed by atoms with Crippen molar-refractivity contribution >= 4 is 0 Å². The molecule has 1 aromatic rings. The highest BCUT2D eigenvalue weighted by Crippen LogP contribution is 2.07. The van der Waals surface area contributed by atoms with E-state index in [0.29, 0.717) is 0 Å². The van der Waals surface area contributed by atoms with E-state index in [1.54, 1.807) is 0 Å². The third-order valence-electron chi connectivity index (χ3n) is 2.62. The number of rotatable bonds is 2. The van der Waals surface area contributed by atoms with Crippen LogP contribution in [0.5, 0.6) is 0 Å². The number of aryl methyl sites for hydroxylation is 1. The van der Waals surface area contributed by atoms with E-state index in [2.05, 4.69) is 35.3 Å². The Labute approximate surface area is 85.9 Å². The minimum atomic E-state index is 1.04. The van der Waals surface area contributed by atoms with Crippen molar-refractivity contribution in [2.75, 3.05) is 26.2 Å². The van der Waals surface area contributed by atoms with Crippen molar-refractivity contribution in [2.24, 2.45) is 0 Å². The van der Waals surface area contributed by atoms with Gasteiger partial charge < -0.3 is 5.32 Å². The van der Waals surface area contributed by atoms with E-state index >= 15 is 0 Å². The third-order valence-corrected chi connectivity index (χ3v) is 2.62. The summed E-state index contributed by atoms with van der Waals surface area (Å²) in [5.74, 6) is 0. The Kier molecular flexibility index (Phi) is 3.17. The smallest absolute Gasteiger partial charge is 0.0241 e. The Morgan fingerprint density at radius 1 is 1.43 bits per heavy atom. The van der Waals surface area contributed by atoms with Gasteiger partial charge in [-0.2, -0.15) is 0 Å². The van der Waals surface area contributed by atoms with Crippen LogP contribution in [0.25, 0.3) is 0 Å². The van der Waals surface area contributed by atoms with Gasteiger partial charge >= 0.3 is 0 Å². The lowest BCUT2D eigenvalue weighted by Gasteiger charge is -2.27. The Bertz CT molecular complexity index is 290. The molecule has 2 heteroatoms. The molecule has 0 bridgehead atoms. The van der Waals surface area contributed by atoms with Gasteiger partial charge in [0.15, 0.2) is 0 Å². The maximum Gasteiger partial charge on any atom is 0.0241 e. The molecule has 0 spiro atoms. The number of nitrogens with one attached hydrogen (secondary N) is 1. The summed E-state index contributed by atoms with van der Waals surface area (Å²) >= 11 is 0. The van der Waals surface area contributed by atoms with Crippen LogP contribution in [0, 0.1) is 13.0 Å². The molecule has 0 aliphatic carbocycles. The average Bonchev–Trinajstić information content (AvgIpc) is 2.19. The van der Waals surface area contributed by atoms with E-state index in [0.717, 1.165) is 32.7 Å². The first-order valence-electron chi connectivity index (χ1n) is 5.25. The molecule has 1 aliphatic rings. The lowest BCUT2D eigenvalue weighted by atomic mass is 10.1. The first kappa shape index (κ1) is 9.69. The average molecular weight is 189 g/mol. The largest absolute Gasteiger partial charge is 0.314 e. The molecule has 1 N–H and O–H groups in total. The second kappa shape index (κ2) is 4.58. The van der Waals surface area contributed by atoms with E-state index in [1.807, 2.05) is 6.07 Å². The monoisotopic (exact) mass is 189 g/mol. The molecule has 14 heavy (non-hydrogen) atoms. The van der Waals surface area contributed by atoms with Crippen molar-refractivity contribution in [3.63, 3.8) is 0 Å². The molecule has 2 nitrogen and oxygen atoms in total. The maximum absolute atomic E-state index is 3.36. The highest BCUT2D eigenvalue weighted by molar-refractivity contribution is 5.20. The molecule has 1 saturated heterocycles. The minimum absolute atomic E-state index is 1.04. The summed E-state index contributed by atoms with van der Waals surface area (Å²) in [5.41, 5.74) is 2.64. The van der Waals surface area contributed by atoms with Crippen LogP contribution in [0.15, 0.2) is 18.2 Å². The van der Waals surface area contributed by atoms with E-state index in [-0.39, 0.29) is 0 Å². The quantitative estimate of drug-likeness (QED) is 0.752. The summed E-state index contributed by atoms with van der Waals surface area (Å²) in [6.07, 6.45) is 0. The van der Waals surface area contributed by atoms with E-state index < -0.39 is 0 Å². The molecule has 1 heterocycles. The van der Waals surface area contributed by atoms with E-state index in [9.17, 15) is 0 Å². The minimum Gasteiger partial charge on any atom is -0.314 e. The Morgan fingerprint density at radius 2 is 2.21 bits per heavy atom. The zero-order chi connectivity index (χ0) is 9.80. The van der Waals surface area contributed by atoms with Gasteiger partial charge in [-0.1, -0.05) is 23.8 Å². The number of hydrogen-bond donors (Lipinski definition) is 1. The number of benzene rings is 1. The number of piperazine rings is 1. The maximum atomic E-state index is 3.36. The van der Waals surface area contributed by atoms with Crippen LogP contribution in [-0.4, -0.2) is 31.1 Å². The molecule has 1 fully saturated rings. The van der Waals surface area contributed by atoms with Gasteiger partial charge in [-0.3, -0.25) is 4.90 Å². The van der Waals surface area contributed by atoms with Crippen LogP contribution in [0.3, 0.4) is 0 Å². The van der Waals surface area contributed by atoms with Gasteiger partial charge in [0.25, 0.3) is 0 Å². The van der Waals surface area contributed by atoms with Crippen molar-refractivity contribution in [1.82, 2.24) is 10.2 Å². The van der Waals surface area contributed by atoms with Crippen LogP contribution >= 0.6 is 0 Å². The van der Waals surface area contributed by atoms with Crippen LogP contribution in [0.1, 0.15) is 11.1 Å². The first-order valence-corrected chi connectivity index (χ1v) is 5.25. The van der Waals surface area contributed by atoms with Crippen molar-refractivity contribution in [2.45, 2.75) is 13.5 Å². The van der Waals surface area contributed by atoms with Gasteiger partial charge in [0.1, 0.15) is 0 Å². The molecular formula is C12H17N2. The van der Waals surface area contributed by atoms with Crippen LogP contribution in [-0.2, 0) is 6.54 Å². The first-order chi connectivity index (χ1) is 6.84. The lowest BCUT2D eigenvalue weighted by Crippen LogP contribution is -2.42. The molecule has 0 amide bonds. The zero-order valence-corrected chi connectivity index (χ0v) is 8.71. The Morgan fingerprint density at radius 3 is 2.93 bits per heavy atom. The molecule has 2 rings (SSSR count). The fourth-order valence-corrected chi connectivity index (χ4v) is 1.85. The van der Waals surface area contributed by atoms with Crippen molar-refractivity contribution < 1.29 is 0 Å². The number of nitrogens with zero attached hydrogens (tertiary/aromatic N) is 1. The highest BCUT2D eigenvalue weighted by Gasteiger charge is 2.09. The molecule has 1 aromatic carbocycles. The summed E-state index contributed by atoms with van der Waals surface area (Å²) in [4.78, 5) is 2.47. The topological polar surface area (TPSA) is 15.3 Å². The van der Waals surface area contributed by atoms with Crippen LogP contribution in [0.2, 0.25) is 0 Å². The molecular weight excluding hydrogens is 172 g/mol. The fourth-order valence-electron chi connectivity index (χ4n) is 1.85. The predicted molar refractivity (Wildman–Crippen MR) is 58.2 cm³/mol. The van der Waals surface area contributed by atoms with Gasteiger partial charge in [-0.15, -0.1) is 0 Å². The van der Waals surface area contributed by atoms with E-state index in [4.69, 9.17) is 0 Å². The standard InChI is InChI=1S/C12H17N2/c1-11-3-2-4-12(9-11)10-14-7-5-13-6-8-14/h2-3,9,13H,5-8,10H2,1H3. The summed E-state index contributed by atoms with van der Waals surface area (Å²) in [5, 5.41) is 3.36. The fraction of sp³-hybridized carbons (Fsp3) is 0.500. The normalized spacial score (nSPS) is 18.4. The second-order valence-corrected chi connectivity index (χ2v) is 3.92. The van der Waals surface area contributed by atoms with Gasteiger partial charge in [0.2, 0.25) is 0 Å². The SMILES string of the molecule is Cc1cc[c]c(CN2CCNCC2)c1. The Balaban J connectivity index is 1.95. The van der Waals surface area contributed by atoms with Crippen LogP contribution < -0.4 is 5.32 Å². The van der Waals surface area contributed by atoms with Gasteiger partial charge in [-0.05, 0) is 18.6 Å². The Hall–Kier alpha value is -0.860. The van der Waals surface area contributed by atoms with E-state index in [1.165, 1.54) is 11.1 Å². The highest BCUT2D eigenvalue weighted by atomic mass is 15.2. The van der Waals surface area contributed by atoms with Crippen molar-refractivity contribution in [1.29, 1.82) is 0 Å². The molecule has 1 aliphatic heterocycles. The zero-order valence-electron chi connectivity index (χ0n) is 8.71.